The van der Waals surface area contributed by atoms with Gasteiger partial charge < -0.3 is 10.1 Å². The Balaban J connectivity index is 1.51. The van der Waals surface area contributed by atoms with Crippen LogP contribution in [0.5, 0.6) is 5.75 Å². The minimum Gasteiger partial charge on any atom is -0.435 e. The van der Waals surface area contributed by atoms with Gasteiger partial charge in [-0.15, -0.1) is 0 Å². The lowest BCUT2D eigenvalue weighted by atomic mass is 10.1. The molecule has 0 radical (unpaired) electrons. The molecule has 1 amide bonds. The summed E-state index contributed by atoms with van der Waals surface area (Å²) in [7, 11) is 0. The number of alkyl halides is 2. The molecule has 1 fully saturated rings. The summed E-state index contributed by atoms with van der Waals surface area (Å²) in [5.74, 6) is -0.355. The van der Waals surface area contributed by atoms with Crippen LogP contribution < -0.4 is 10.1 Å². The summed E-state index contributed by atoms with van der Waals surface area (Å²) in [5, 5.41) is 2.80. The van der Waals surface area contributed by atoms with Crippen LogP contribution in [-0.4, -0.2) is 30.5 Å². The van der Waals surface area contributed by atoms with Gasteiger partial charge in [0.1, 0.15) is 5.75 Å². The maximum atomic E-state index is 12.3. The molecule has 0 aliphatic carbocycles. The summed E-state index contributed by atoms with van der Waals surface area (Å²) in [6.45, 7) is 0.747. The minimum atomic E-state index is -2.91. The van der Waals surface area contributed by atoms with Gasteiger partial charge in [0, 0.05) is 18.7 Å². The van der Waals surface area contributed by atoms with Gasteiger partial charge in [-0.2, -0.15) is 8.78 Å². The molecule has 27 heavy (non-hydrogen) atoms. The van der Waals surface area contributed by atoms with Gasteiger partial charge in [0.15, 0.2) is 0 Å². The van der Waals surface area contributed by atoms with Crippen LogP contribution in [0.15, 0.2) is 48.5 Å². The zero-order valence-corrected chi connectivity index (χ0v) is 15.2. The third kappa shape index (κ3) is 6.03. The van der Waals surface area contributed by atoms with Crippen molar-refractivity contribution >= 4 is 5.91 Å². The molecule has 2 aromatic carbocycles. The van der Waals surface area contributed by atoms with Gasteiger partial charge in [0.2, 0.25) is 0 Å². The first-order valence-corrected chi connectivity index (χ1v) is 9.23. The molecule has 6 heteroatoms. The van der Waals surface area contributed by atoms with Crippen molar-refractivity contribution in [3.63, 3.8) is 0 Å². The molecular weight excluding hydrogens is 350 g/mol. The molecule has 1 aliphatic heterocycles. The second kappa shape index (κ2) is 9.46. The highest BCUT2D eigenvalue weighted by atomic mass is 19.3. The monoisotopic (exact) mass is 374 g/mol. The highest BCUT2D eigenvalue weighted by Gasteiger charge is 2.11. The van der Waals surface area contributed by atoms with Crippen LogP contribution in [0, 0.1) is 0 Å². The van der Waals surface area contributed by atoms with Crippen LogP contribution in [-0.2, 0) is 13.1 Å². The molecule has 4 nitrogen and oxygen atoms in total. The maximum absolute atomic E-state index is 12.3. The molecule has 1 N–H and O–H groups in total. The molecule has 3 rings (SSSR count). The Bertz CT molecular complexity index is 744. The van der Waals surface area contributed by atoms with Crippen molar-refractivity contribution in [2.75, 3.05) is 13.1 Å². The van der Waals surface area contributed by atoms with Crippen LogP contribution in [0.3, 0.4) is 0 Å². The number of piperidine rings is 1. The summed E-state index contributed by atoms with van der Waals surface area (Å²) < 4.78 is 28.9. The number of halogens is 2. The van der Waals surface area contributed by atoms with Gasteiger partial charge in [-0.25, -0.2) is 0 Å². The van der Waals surface area contributed by atoms with E-state index in [0.29, 0.717) is 6.54 Å². The van der Waals surface area contributed by atoms with Crippen LogP contribution >= 0.6 is 0 Å². The van der Waals surface area contributed by atoms with Gasteiger partial charge >= 0.3 is 6.61 Å². The smallest absolute Gasteiger partial charge is 0.387 e. The van der Waals surface area contributed by atoms with E-state index in [1.165, 1.54) is 43.0 Å². The Morgan fingerprint density at radius 1 is 1.04 bits per heavy atom. The molecular formula is C21H24F2N2O2. The second-order valence-corrected chi connectivity index (χ2v) is 6.74. The first-order valence-electron chi connectivity index (χ1n) is 9.23. The number of carbonyl (C=O) groups is 1. The van der Waals surface area contributed by atoms with E-state index in [-0.39, 0.29) is 17.2 Å². The summed E-state index contributed by atoms with van der Waals surface area (Å²) in [5.41, 5.74) is 2.55. The van der Waals surface area contributed by atoms with Gasteiger partial charge in [0.25, 0.3) is 5.91 Å². The van der Waals surface area contributed by atoms with Crippen LogP contribution in [0.1, 0.15) is 40.7 Å². The average molecular weight is 374 g/mol. The van der Waals surface area contributed by atoms with Crippen molar-refractivity contribution in [2.45, 2.75) is 39.0 Å². The molecule has 0 aromatic heterocycles. The van der Waals surface area contributed by atoms with Gasteiger partial charge in [0.05, 0.1) is 0 Å². The van der Waals surface area contributed by atoms with Crippen molar-refractivity contribution in [3.8, 4) is 5.75 Å². The molecule has 0 atom stereocenters. The van der Waals surface area contributed by atoms with Crippen LogP contribution in [0.2, 0.25) is 0 Å². The standard InChI is InChI=1S/C21H24F2N2O2/c22-21(23)27-19-6-4-5-18(13-19)20(26)24-14-16-7-9-17(10-8-16)15-25-11-2-1-3-12-25/h4-10,13,21H,1-3,11-12,14-15H2,(H,24,26). The summed E-state index contributed by atoms with van der Waals surface area (Å²) in [6, 6.07) is 14.0. The number of ether oxygens (including phenoxy) is 1. The van der Waals surface area contributed by atoms with Crippen LogP contribution in [0.25, 0.3) is 0 Å². The largest absolute Gasteiger partial charge is 0.435 e. The highest BCUT2D eigenvalue weighted by Crippen LogP contribution is 2.16. The van der Waals surface area contributed by atoms with E-state index >= 15 is 0 Å². The molecule has 0 spiro atoms. The number of amides is 1. The number of nitrogens with zero attached hydrogens (tertiary/aromatic N) is 1. The fraction of sp³-hybridized carbons (Fsp3) is 0.381. The molecule has 2 aromatic rings. The van der Waals surface area contributed by atoms with E-state index in [0.717, 1.165) is 25.2 Å². The van der Waals surface area contributed by atoms with Gasteiger partial charge in [-0.05, 0) is 55.3 Å². The van der Waals surface area contributed by atoms with Crippen LogP contribution in [0.4, 0.5) is 8.78 Å². The molecule has 0 bridgehead atoms. The predicted octanol–water partition coefficient (Wildman–Crippen LogP) is 4.20. The SMILES string of the molecule is O=C(NCc1ccc(CN2CCCCC2)cc1)c1cccc(OC(F)F)c1. The molecule has 1 aliphatic rings. The third-order valence-corrected chi connectivity index (χ3v) is 4.65. The normalized spacial score (nSPS) is 14.9. The second-order valence-electron chi connectivity index (χ2n) is 6.74. The molecule has 144 valence electrons. The Morgan fingerprint density at radius 3 is 2.44 bits per heavy atom. The zero-order chi connectivity index (χ0) is 19.1. The van der Waals surface area contributed by atoms with Crippen molar-refractivity contribution < 1.29 is 18.3 Å². The van der Waals surface area contributed by atoms with E-state index in [1.807, 2.05) is 12.1 Å². The van der Waals surface area contributed by atoms with Crippen molar-refractivity contribution in [3.05, 3.63) is 65.2 Å². The number of likely N-dealkylation sites (tertiary alicyclic amines) is 1. The van der Waals surface area contributed by atoms with Crippen molar-refractivity contribution in [1.82, 2.24) is 10.2 Å². The number of hydrogen-bond donors (Lipinski definition) is 1. The lowest BCUT2D eigenvalue weighted by Crippen LogP contribution is -2.29. The molecule has 0 saturated carbocycles. The predicted molar refractivity (Wildman–Crippen MR) is 99.8 cm³/mol. The topological polar surface area (TPSA) is 41.6 Å². The zero-order valence-electron chi connectivity index (χ0n) is 15.2. The fourth-order valence-electron chi connectivity index (χ4n) is 3.24. The minimum absolute atomic E-state index is 0.0280. The van der Waals surface area contributed by atoms with E-state index in [4.69, 9.17) is 0 Å². The summed E-state index contributed by atoms with van der Waals surface area (Å²) >= 11 is 0. The number of nitrogens with one attached hydrogen (secondary N) is 1. The number of carbonyl (C=O) groups excluding carboxylic acids is 1. The lowest BCUT2D eigenvalue weighted by Gasteiger charge is -2.26. The first-order chi connectivity index (χ1) is 13.1. The quantitative estimate of drug-likeness (QED) is 0.790. The lowest BCUT2D eigenvalue weighted by molar-refractivity contribution is -0.0498. The molecule has 1 saturated heterocycles. The van der Waals surface area contributed by atoms with Gasteiger partial charge in [-0.3, -0.25) is 9.69 Å². The van der Waals surface area contributed by atoms with E-state index < -0.39 is 6.61 Å². The number of hydrogen-bond acceptors (Lipinski definition) is 3. The Kier molecular flexibility index (Phi) is 6.76. The third-order valence-electron chi connectivity index (χ3n) is 4.65. The summed E-state index contributed by atoms with van der Waals surface area (Å²) in [6.07, 6.45) is 3.87. The summed E-state index contributed by atoms with van der Waals surface area (Å²) in [4.78, 5) is 14.7. The highest BCUT2D eigenvalue weighted by molar-refractivity contribution is 5.94. The average Bonchev–Trinajstić information content (AvgIpc) is 2.68. The van der Waals surface area contributed by atoms with E-state index in [2.05, 4.69) is 27.1 Å². The Labute approximate surface area is 158 Å². The molecule has 1 heterocycles. The molecule has 0 unspecified atom stereocenters. The first kappa shape index (κ1) is 19.3. The van der Waals surface area contributed by atoms with Crippen molar-refractivity contribution in [2.24, 2.45) is 0 Å². The number of rotatable bonds is 7. The van der Waals surface area contributed by atoms with E-state index in [1.54, 1.807) is 6.07 Å². The number of benzene rings is 2. The Morgan fingerprint density at radius 2 is 1.74 bits per heavy atom. The van der Waals surface area contributed by atoms with Crippen molar-refractivity contribution in [1.29, 1.82) is 0 Å². The fourth-order valence-corrected chi connectivity index (χ4v) is 3.24. The maximum Gasteiger partial charge on any atom is 0.387 e. The van der Waals surface area contributed by atoms with Gasteiger partial charge in [-0.1, -0.05) is 36.8 Å². The Hall–Kier alpha value is -2.47. The van der Waals surface area contributed by atoms with E-state index in [9.17, 15) is 13.6 Å².